The molecule has 94 valence electrons. The number of hydrogen-bond acceptors (Lipinski definition) is 2. The van der Waals surface area contributed by atoms with E-state index in [-0.39, 0.29) is 5.91 Å². The maximum absolute atomic E-state index is 12.0. The summed E-state index contributed by atoms with van der Waals surface area (Å²) in [7, 11) is 1.50. The van der Waals surface area contributed by atoms with Crippen LogP contribution in [0.15, 0.2) is 18.2 Å². The lowest BCUT2D eigenvalue weighted by atomic mass is 10.0. The number of hydrogen-bond donors (Lipinski definition) is 1. The summed E-state index contributed by atoms with van der Waals surface area (Å²) in [5, 5.41) is 3.50. The van der Waals surface area contributed by atoms with Crippen molar-refractivity contribution in [2.45, 2.75) is 25.9 Å². The second-order valence-electron chi connectivity index (χ2n) is 3.84. The summed E-state index contributed by atoms with van der Waals surface area (Å²) in [6.07, 6.45) is 0.553. The molecule has 0 aliphatic carbocycles. The number of halogens is 2. The van der Waals surface area contributed by atoms with Crippen LogP contribution in [0.2, 0.25) is 10.0 Å². The number of nitrogens with one attached hydrogen (secondary N) is 1. The Morgan fingerprint density at radius 1 is 1.41 bits per heavy atom. The molecule has 5 heteroatoms. The van der Waals surface area contributed by atoms with E-state index in [4.69, 9.17) is 27.9 Å². The number of anilines is 1. The minimum atomic E-state index is -0.886. The molecule has 0 aliphatic rings. The zero-order chi connectivity index (χ0) is 13.1. The number of benzene rings is 1. The van der Waals surface area contributed by atoms with Crippen LogP contribution in [0.5, 0.6) is 0 Å². The second kappa shape index (κ2) is 5.71. The normalized spacial score (nSPS) is 14.2. The van der Waals surface area contributed by atoms with Crippen LogP contribution in [0.3, 0.4) is 0 Å². The lowest BCUT2D eigenvalue weighted by Gasteiger charge is -2.25. The Balaban J connectivity index is 2.96. The maximum Gasteiger partial charge on any atom is 0.256 e. The maximum atomic E-state index is 12.0. The van der Waals surface area contributed by atoms with Crippen molar-refractivity contribution < 1.29 is 9.53 Å². The molecule has 1 unspecified atom stereocenters. The number of carbonyl (C=O) groups is 1. The molecule has 3 nitrogen and oxygen atoms in total. The van der Waals surface area contributed by atoms with Gasteiger partial charge in [0, 0.05) is 7.11 Å². The van der Waals surface area contributed by atoms with Gasteiger partial charge >= 0.3 is 0 Å². The fourth-order valence-electron chi connectivity index (χ4n) is 1.26. The van der Waals surface area contributed by atoms with Crippen LogP contribution in [0, 0.1) is 0 Å². The molecule has 0 fully saturated rings. The first-order valence-corrected chi connectivity index (χ1v) is 6.01. The molecule has 1 amide bonds. The van der Waals surface area contributed by atoms with Crippen LogP contribution in [-0.4, -0.2) is 18.6 Å². The van der Waals surface area contributed by atoms with Crippen LogP contribution in [0.4, 0.5) is 5.69 Å². The number of ether oxygens (including phenoxy) is 1. The third-order valence-corrected chi connectivity index (χ3v) is 3.44. The van der Waals surface area contributed by atoms with E-state index in [1.807, 2.05) is 6.92 Å². The molecule has 1 aromatic rings. The fourth-order valence-corrected chi connectivity index (χ4v) is 1.75. The van der Waals surface area contributed by atoms with Gasteiger partial charge in [0.25, 0.3) is 5.91 Å². The van der Waals surface area contributed by atoms with E-state index in [1.54, 1.807) is 25.1 Å². The average molecular weight is 276 g/mol. The van der Waals surface area contributed by atoms with Gasteiger partial charge in [-0.1, -0.05) is 36.2 Å². The summed E-state index contributed by atoms with van der Waals surface area (Å²) in [5.41, 5.74) is -0.472. The van der Waals surface area contributed by atoms with Gasteiger partial charge < -0.3 is 10.1 Å². The SMILES string of the molecule is CCC(C)(OC)C(=O)Nc1c(Cl)cccc1Cl. The zero-order valence-electron chi connectivity index (χ0n) is 10.0. The highest BCUT2D eigenvalue weighted by Gasteiger charge is 2.31. The largest absolute Gasteiger partial charge is 0.369 e. The lowest BCUT2D eigenvalue weighted by molar-refractivity contribution is -0.136. The van der Waals surface area contributed by atoms with Crippen LogP contribution < -0.4 is 5.32 Å². The van der Waals surface area contributed by atoms with E-state index < -0.39 is 5.60 Å². The van der Waals surface area contributed by atoms with Gasteiger partial charge in [-0.3, -0.25) is 4.79 Å². The molecule has 0 saturated heterocycles. The molecule has 0 aromatic heterocycles. The summed E-state index contributed by atoms with van der Waals surface area (Å²) in [6.45, 7) is 3.59. The molecule has 17 heavy (non-hydrogen) atoms. The van der Waals surface area contributed by atoms with Gasteiger partial charge in [0.05, 0.1) is 15.7 Å². The summed E-state index contributed by atoms with van der Waals surface area (Å²) >= 11 is 11.9. The molecule has 0 aliphatic heterocycles. The van der Waals surface area contributed by atoms with Gasteiger partial charge in [-0.2, -0.15) is 0 Å². The van der Waals surface area contributed by atoms with Crippen molar-refractivity contribution in [1.82, 2.24) is 0 Å². The van der Waals surface area contributed by atoms with Gasteiger partial charge in [-0.15, -0.1) is 0 Å². The standard InChI is InChI=1S/C12H15Cl2NO2/c1-4-12(2,17-3)11(16)15-10-8(13)6-5-7-9(10)14/h5-7H,4H2,1-3H3,(H,15,16). The Labute approximate surface area is 111 Å². The molecule has 0 radical (unpaired) electrons. The topological polar surface area (TPSA) is 38.3 Å². The van der Waals surface area contributed by atoms with E-state index in [0.29, 0.717) is 22.2 Å². The summed E-state index contributed by atoms with van der Waals surface area (Å²) in [4.78, 5) is 12.0. The Bertz CT molecular complexity index is 397. The Morgan fingerprint density at radius 3 is 2.35 bits per heavy atom. The van der Waals surface area contributed by atoms with Gasteiger partial charge in [0.2, 0.25) is 0 Å². The van der Waals surface area contributed by atoms with E-state index in [2.05, 4.69) is 5.32 Å². The van der Waals surface area contributed by atoms with Crippen LogP contribution in [0.25, 0.3) is 0 Å². The predicted molar refractivity (Wildman–Crippen MR) is 70.8 cm³/mol. The highest BCUT2D eigenvalue weighted by molar-refractivity contribution is 6.39. The first-order valence-electron chi connectivity index (χ1n) is 5.25. The number of rotatable bonds is 4. The van der Waals surface area contributed by atoms with Crippen LogP contribution >= 0.6 is 23.2 Å². The molecule has 0 saturated carbocycles. The van der Waals surface area contributed by atoms with Crippen molar-refractivity contribution in [2.75, 3.05) is 12.4 Å². The van der Waals surface area contributed by atoms with Crippen LogP contribution in [0.1, 0.15) is 20.3 Å². The van der Waals surface area contributed by atoms with Gasteiger partial charge in [-0.25, -0.2) is 0 Å². The van der Waals surface area contributed by atoms with E-state index in [9.17, 15) is 4.79 Å². The van der Waals surface area contributed by atoms with Gasteiger partial charge in [0.1, 0.15) is 5.60 Å². The highest BCUT2D eigenvalue weighted by atomic mass is 35.5. The molecule has 1 N–H and O–H groups in total. The van der Waals surface area contributed by atoms with Crippen molar-refractivity contribution in [3.8, 4) is 0 Å². The first kappa shape index (κ1) is 14.3. The Kier molecular flexibility index (Phi) is 4.80. The third kappa shape index (κ3) is 3.12. The van der Waals surface area contributed by atoms with Crippen molar-refractivity contribution in [2.24, 2.45) is 0 Å². The van der Waals surface area contributed by atoms with Crippen molar-refractivity contribution in [3.05, 3.63) is 28.2 Å². The molecule has 0 spiro atoms. The molecule has 1 atom stereocenters. The number of carbonyl (C=O) groups excluding carboxylic acids is 1. The molecular weight excluding hydrogens is 261 g/mol. The predicted octanol–water partition coefficient (Wildman–Crippen LogP) is 3.75. The van der Waals surface area contributed by atoms with Crippen molar-refractivity contribution >= 4 is 34.8 Å². The van der Waals surface area contributed by atoms with Crippen molar-refractivity contribution in [1.29, 1.82) is 0 Å². The third-order valence-electron chi connectivity index (χ3n) is 2.81. The van der Waals surface area contributed by atoms with Crippen molar-refractivity contribution in [3.63, 3.8) is 0 Å². The highest BCUT2D eigenvalue weighted by Crippen LogP contribution is 2.31. The van der Waals surface area contributed by atoms with E-state index >= 15 is 0 Å². The van der Waals surface area contributed by atoms with Crippen LogP contribution in [-0.2, 0) is 9.53 Å². The summed E-state index contributed by atoms with van der Waals surface area (Å²) in [6, 6.07) is 5.05. The Morgan fingerprint density at radius 2 is 1.94 bits per heavy atom. The summed E-state index contributed by atoms with van der Waals surface area (Å²) in [5.74, 6) is -0.266. The minimum absolute atomic E-state index is 0.266. The smallest absolute Gasteiger partial charge is 0.256 e. The van der Waals surface area contributed by atoms with E-state index in [1.165, 1.54) is 7.11 Å². The monoisotopic (exact) mass is 275 g/mol. The molecule has 1 rings (SSSR count). The molecule has 0 bridgehead atoms. The molecule has 0 heterocycles. The molecule has 1 aromatic carbocycles. The molecular formula is C12H15Cl2NO2. The second-order valence-corrected chi connectivity index (χ2v) is 4.65. The zero-order valence-corrected chi connectivity index (χ0v) is 11.5. The Hall–Kier alpha value is -0.770. The number of methoxy groups -OCH3 is 1. The number of amides is 1. The fraction of sp³-hybridized carbons (Fsp3) is 0.417. The first-order chi connectivity index (χ1) is 7.94. The quantitative estimate of drug-likeness (QED) is 0.909. The lowest BCUT2D eigenvalue weighted by Crippen LogP contribution is -2.41. The van der Waals surface area contributed by atoms with Gasteiger partial charge in [-0.05, 0) is 25.5 Å². The number of para-hydroxylation sites is 1. The van der Waals surface area contributed by atoms with Gasteiger partial charge in [0.15, 0.2) is 0 Å². The summed E-state index contributed by atoms with van der Waals surface area (Å²) < 4.78 is 5.20. The average Bonchev–Trinajstić information content (AvgIpc) is 2.32. The van der Waals surface area contributed by atoms with E-state index in [0.717, 1.165) is 0 Å². The minimum Gasteiger partial charge on any atom is -0.369 e.